The first-order valence-electron chi connectivity index (χ1n) is 11.3. The lowest BCUT2D eigenvalue weighted by atomic mass is 9.82. The number of benzene rings is 3. The summed E-state index contributed by atoms with van der Waals surface area (Å²) in [6.45, 7) is 4.07. The molecule has 0 aromatic heterocycles. The fourth-order valence-electron chi connectivity index (χ4n) is 4.54. The van der Waals surface area contributed by atoms with E-state index in [0.717, 1.165) is 31.4 Å². The zero-order valence-corrected chi connectivity index (χ0v) is 17.8. The average molecular weight is 400 g/mol. The van der Waals surface area contributed by atoms with E-state index in [1.807, 2.05) is 18.2 Å². The quantitative estimate of drug-likeness (QED) is 0.403. The Morgan fingerprint density at radius 2 is 1.07 bits per heavy atom. The zero-order chi connectivity index (χ0) is 20.4. The highest BCUT2D eigenvalue weighted by Gasteiger charge is 2.23. The molecule has 3 aromatic rings. The monoisotopic (exact) mass is 399 g/mol. The zero-order valence-electron chi connectivity index (χ0n) is 17.8. The van der Waals surface area contributed by atoms with Gasteiger partial charge in [0.05, 0.1) is 6.61 Å². The number of rotatable bonds is 9. The van der Waals surface area contributed by atoms with Crippen molar-refractivity contribution < 1.29 is 4.74 Å². The van der Waals surface area contributed by atoms with Crippen molar-refractivity contribution in [3.05, 3.63) is 102 Å². The third-order valence-corrected chi connectivity index (χ3v) is 6.21. The molecule has 3 aromatic carbocycles. The first-order chi connectivity index (χ1) is 14.8. The highest BCUT2D eigenvalue weighted by Crippen LogP contribution is 2.30. The van der Waals surface area contributed by atoms with Gasteiger partial charge in [-0.2, -0.15) is 0 Å². The maximum absolute atomic E-state index is 6.01. The standard InChI is InChI=1S/C28H33NO/c1-4-10-24(11-5-1)20-29(21-25-12-6-2-7-13-25)22-26-16-18-27(19-17-26)23-30-28-14-8-3-9-15-28/h1-15,26-27H,16-23H2. The summed E-state index contributed by atoms with van der Waals surface area (Å²) in [5, 5.41) is 0. The van der Waals surface area contributed by atoms with Crippen LogP contribution in [0.15, 0.2) is 91.0 Å². The third kappa shape index (κ3) is 6.47. The SMILES string of the molecule is c1ccc(CN(Cc2ccccc2)CC2CCC(COc3ccccc3)CC2)cc1. The Bertz CT molecular complexity index is 800. The molecule has 0 N–H and O–H groups in total. The number of para-hydroxylation sites is 1. The van der Waals surface area contributed by atoms with Gasteiger partial charge in [-0.1, -0.05) is 78.9 Å². The minimum Gasteiger partial charge on any atom is -0.493 e. The molecular formula is C28H33NO. The molecule has 1 saturated carbocycles. The first-order valence-corrected chi connectivity index (χ1v) is 11.3. The minimum atomic E-state index is 0.693. The van der Waals surface area contributed by atoms with E-state index in [-0.39, 0.29) is 0 Å². The molecule has 0 radical (unpaired) electrons. The van der Waals surface area contributed by atoms with Crippen molar-refractivity contribution in [2.45, 2.75) is 38.8 Å². The van der Waals surface area contributed by atoms with Crippen LogP contribution in [-0.2, 0) is 13.1 Å². The molecule has 0 atom stereocenters. The molecule has 2 nitrogen and oxygen atoms in total. The summed E-state index contributed by atoms with van der Waals surface area (Å²) < 4.78 is 6.01. The molecular weight excluding hydrogens is 366 g/mol. The average Bonchev–Trinajstić information content (AvgIpc) is 2.81. The lowest BCUT2D eigenvalue weighted by molar-refractivity contribution is 0.142. The molecule has 0 saturated heterocycles. The lowest BCUT2D eigenvalue weighted by Gasteiger charge is -2.33. The van der Waals surface area contributed by atoms with E-state index in [2.05, 4.69) is 77.7 Å². The van der Waals surface area contributed by atoms with Gasteiger partial charge in [0.25, 0.3) is 0 Å². The molecule has 0 bridgehead atoms. The molecule has 0 heterocycles. The van der Waals surface area contributed by atoms with Crippen molar-refractivity contribution in [3.63, 3.8) is 0 Å². The summed E-state index contributed by atoms with van der Waals surface area (Å²) in [6.07, 6.45) is 5.18. The van der Waals surface area contributed by atoms with E-state index in [1.165, 1.54) is 43.4 Å². The van der Waals surface area contributed by atoms with Gasteiger partial charge in [-0.05, 0) is 60.8 Å². The lowest BCUT2D eigenvalue weighted by Crippen LogP contribution is -2.31. The van der Waals surface area contributed by atoms with Gasteiger partial charge < -0.3 is 4.74 Å². The second-order valence-corrected chi connectivity index (χ2v) is 8.65. The summed E-state index contributed by atoms with van der Waals surface area (Å²) in [4.78, 5) is 2.64. The van der Waals surface area contributed by atoms with Gasteiger partial charge in [-0.25, -0.2) is 0 Å². The van der Waals surface area contributed by atoms with Crippen LogP contribution in [0.2, 0.25) is 0 Å². The van der Waals surface area contributed by atoms with Crippen LogP contribution in [0.3, 0.4) is 0 Å². The van der Waals surface area contributed by atoms with E-state index < -0.39 is 0 Å². The summed E-state index contributed by atoms with van der Waals surface area (Å²) in [5.74, 6) is 2.47. The summed E-state index contributed by atoms with van der Waals surface area (Å²) in [7, 11) is 0. The van der Waals surface area contributed by atoms with E-state index in [4.69, 9.17) is 4.74 Å². The van der Waals surface area contributed by atoms with Gasteiger partial charge in [0, 0.05) is 19.6 Å². The third-order valence-electron chi connectivity index (χ3n) is 6.21. The fourth-order valence-corrected chi connectivity index (χ4v) is 4.54. The summed E-state index contributed by atoms with van der Waals surface area (Å²) >= 11 is 0. The minimum absolute atomic E-state index is 0.693. The molecule has 0 amide bonds. The Morgan fingerprint density at radius 1 is 0.600 bits per heavy atom. The van der Waals surface area contributed by atoms with Crippen LogP contribution in [0, 0.1) is 11.8 Å². The second kappa shape index (κ2) is 11.0. The smallest absolute Gasteiger partial charge is 0.119 e. The molecule has 1 fully saturated rings. The van der Waals surface area contributed by atoms with Crippen molar-refractivity contribution in [1.82, 2.24) is 4.90 Å². The molecule has 156 valence electrons. The molecule has 4 rings (SSSR count). The number of ether oxygens (including phenoxy) is 1. The van der Waals surface area contributed by atoms with Gasteiger partial charge in [0.1, 0.15) is 5.75 Å². The number of hydrogen-bond donors (Lipinski definition) is 0. The van der Waals surface area contributed by atoms with Crippen molar-refractivity contribution in [1.29, 1.82) is 0 Å². The number of hydrogen-bond acceptors (Lipinski definition) is 2. The van der Waals surface area contributed by atoms with Crippen LogP contribution in [-0.4, -0.2) is 18.1 Å². The van der Waals surface area contributed by atoms with E-state index >= 15 is 0 Å². The van der Waals surface area contributed by atoms with Gasteiger partial charge in [0.15, 0.2) is 0 Å². The Labute approximate surface area is 181 Å². The van der Waals surface area contributed by atoms with Crippen LogP contribution in [0.5, 0.6) is 5.75 Å². The largest absolute Gasteiger partial charge is 0.493 e. The summed E-state index contributed by atoms with van der Waals surface area (Å²) in [6, 6.07) is 32.0. The van der Waals surface area contributed by atoms with E-state index in [1.54, 1.807) is 0 Å². The van der Waals surface area contributed by atoms with Crippen LogP contribution in [0.1, 0.15) is 36.8 Å². The van der Waals surface area contributed by atoms with Crippen molar-refractivity contribution in [2.75, 3.05) is 13.2 Å². The van der Waals surface area contributed by atoms with Crippen LogP contribution >= 0.6 is 0 Å². The maximum Gasteiger partial charge on any atom is 0.119 e. The van der Waals surface area contributed by atoms with Crippen molar-refractivity contribution >= 4 is 0 Å². The Hall–Kier alpha value is -2.58. The van der Waals surface area contributed by atoms with Gasteiger partial charge in [0.2, 0.25) is 0 Å². The topological polar surface area (TPSA) is 12.5 Å². The maximum atomic E-state index is 6.01. The molecule has 0 spiro atoms. The molecule has 0 unspecified atom stereocenters. The van der Waals surface area contributed by atoms with Crippen molar-refractivity contribution in [3.8, 4) is 5.75 Å². The van der Waals surface area contributed by atoms with E-state index in [0.29, 0.717) is 5.92 Å². The van der Waals surface area contributed by atoms with Gasteiger partial charge in [-0.3, -0.25) is 4.90 Å². The second-order valence-electron chi connectivity index (χ2n) is 8.65. The van der Waals surface area contributed by atoms with Crippen LogP contribution < -0.4 is 4.74 Å². The first kappa shape index (κ1) is 20.7. The predicted molar refractivity (Wildman–Crippen MR) is 124 cm³/mol. The normalized spacial score (nSPS) is 19.0. The van der Waals surface area contributed by atoms with Crippen molar-refractivity contribution in [2.24, 2.45) is 11.8 Å². The highest BCUT2D eigenvalue weighted by atomic mass is 16.5. The Morgan fingerprint density at radius 3 is 1.60 bits per heavy atom. The molecule has 0 aliphatic heterocycles. The predicted octanol–water partition coefficient (Wildman–Crippen LogP) is 6.57. The van der Waals surface area contributed by atoms with Crippen LogP contribution in [0.4, 0.5) is 0 Å². The Kier molecular flexibility index (Phi) is 7.57. The molecule has 1 aliphatic rings. The van der Waals surface area contributed by atoms with E-state index in [9.17, 15) is 0 Å². The summed E-state index contributed by atoms with van der Waals surface area (Å²) in [5.41, 5.74) is 2.80. The molecule has 30 heavy (non-hydrogen) atoms. The highest BCUT2D eigenvalue weighted by molar-refractivity contribution is 5.21. The number of nitrogens with zero attached hydrogens (tertiary/aromatic N) is 1. The van der Waals surface area contributed by atoms with Gasteiger partial charge >= 0.3 is 0 Å². The fraction of sp³-hybridized carbons (Fsp3) is 0.357. The Balaban J connectivity index is 1.29. The molecule has 1 aliphatic carbocycles. The van der Waals surface area contributed by atoms with Crippen LogP contribution in [0.25, 0.3) is 0 Å². The van der Waals surface area contributed by atoms with Gasteiger partial charge in [-0.15, -0.1) is 0 Å². The molecule has 2 heteroatoms.